The molecule has 23 heavy (non-hydrogen) atoms. The number of amides is 1. The van der Waals surface area contributed by atoms with E-state index in [4.69, 9.17) is 4.52 Å². The Morgan fingerprint density at radius 2 is 1.96 bits per heavy atom. The average Bonchev–Trinajstić information content (AvgIpc) is 2.99. The highest BCUT2D eigenvalue weighted by atomic mass is 16.5. The van der Waals surface area contributed by atoms with E-state index in [0.717, 1.165) is 11.4 Å². The highest BCUT2D eigenvalue weighted by Gasteiger charge is 2.15. The third-order valence-electron chi connectivity index (χ3n) is 3.33. The van der Waals surface area contributed by atoms with Crippen LogP contribution in [0.25, 0.3) is 0 Å². The fourth-order valence-electron chi connectivity index (χ4n) is 2.14. The third-order valence-corrected chi connectivity index (χ3v) is 3.33. The number of nitrogens with zero attached hydrogens (tertiary/aromatic N) is 3. The molecule has 1 amide bonds. The Bertz CT molecular complexity index is 814. The minimum Gasteiger partial charge on any atom is -0.360 e. The lowest BCUT2D eigenvalue weighted by Gasteiger charge is -2.17. The lowest BCUT2D eigenvalue weighted by Crippen LogP contribution is -2.27. The third kappa shape index (κ3) is 3.37. The van der Waals surface area contributed by atoms with Crippen LogP contribution < -0.4 is 10.2 Å². The number of anilines is 3. The van der Waals surface area contributed by atoms with Gasteiger partial charge in [-0.1, -0.05) is 23.4 Å². The Labute approximate surface area is 133 Å². The summed E-state index contributed by atoms with van der Waals surface area (Å²) in [5.74, 6) is 1.11. The molecule has 2 heterocycles. The van der Waals surface area contributed by atoms with Crippen molar-refractivity contribution in [3.8, 4) is 0 Å². The van der Waals surface area contributed by atoms with Gasteiger partial charge in [0.1, 0.15) is 11.5 Å². The summed E-state index contributed by atoms with van der Waals surface area (Å²) in [4.78, 5) is 18.3. The Morgan fingerprint density at radius 3 is 2.65 bits per heavy atom. The molecule has 0 radical (unpaired) electrons. The number of hydrogen-bond donors (Lipinski definition) is 1. The fraction of sp³-hybridized carbons (Fsp3) is 0.118. The van der Waals surface area contributed by atoms with E-state index in [-0.39, 0.29) is 5.91 Å². The minimum atomic E-state index is -0.184. The van der Waals surface area contributed by atoms with Crippen LogP contribution in [0, 0.1) is 6.92 Å². The van der Waals surface area contributed by atoms with Gasteiger partial charge < -0.3 is 14.7 Å². The topological polar surface area (TPSA) is 71.3 Å². The van der Waals surface area contributed by atoms with E-state index in [1.807, 2.05) is 37.3 Å². The van der Waals surface area contributed by atoms with E-state index >= 15 is 0 Å². The second-order valence-corrected chi connectivity index (χ2v) is 5.08. The number of carbonyl (C=O) groups excluding carboxylic acids is 1. The van der Waals surface area contributed by atoms with Crippen LogP contribution in [0.15, 0.2) is 59.3 Å². The van der Waals surface area contributed by atoms with Gasteiger partial charge in [-0.05, 0) is 31.2 Å². The Kier molecular flexibility index (Phi) is 4.05. The molecule has 0 saturated heterocycles. The number of rotatable bonds is 4. The molecule has 0 bridgehead atoms. The van der Waals surface area contributed by atoms with Gasteiger partial charge in [0.2, 0.25) is 0 Å². The molecule has 3 rings (SSSR count). The van der Waals surface area contributed by atoms with Gasteiger partial charge in [-0.2, -0.15) is 0 Å². The van der Waals surface area contributed by atoms with Crippen molar-refractivity contribution in [3.63, 3.8) is 0 Å². The van der Waals surface area contributed by atoms with Crippen LogP contribution in [0.3, 0.4) is 0 Å². The molecular formula is C17H16N4O2. The first-order valence-electron chi connectivity index (χ1n) is 7.13. The van der Waals surface area contributed by atoms with Gasteiger partial charge in [-0.25, -0.2) is 0 Å². The molecule has 0 atom stereocenters. The molecule has 0 aliphatic carbocycles. The van der Waals surface area contributed by atoms with Crippen LogP contribution in [0.2, 0.25) is 0 Å². The number of hydrogen-bond acceptors (Lipinski definition) is 5. The maximum absolute atomic E-state index is 12.6. The summed E-state index contributed by atoms with van der Waals surface area (Å²) < 4.78 is 5.01. The first-order chi connectivity index (χ1) is 11.1. The number of aryl methyl sites for hydroxylation is 1. The maximum Gasteiger partial charge on any atom is 0.276 e. The van der Waals surface area contributed by atoms with E-state index in [9.17, 15) is 4.79 Å². The second kappa shape index (κ2) is 6.31. The summed E-state index contributed by atoms with van der Waals surface area (Å²) in [7, 11) is 1.72. The molecule has 0 fully saturated rings. The van der Waals surface area contributed by atoms with Gasteiger partial charge >= 0.3 is 0 Å². The van der Waals surface area contributed by atoms with Crippen LogP contribution in [-0.2, 0) is 0 Å². The van der Waals surface area contributed by atoms with Gasteiger partial charge in [0.25, 0.3) is 5.91 Å². The van der Waals surface area contributed by atoms with E-state index in [1.54, 1.807) is 36.3 Å². The van der Waals surface area contributed by atoms with Crippen molar-refractivity contribution >= 4 is 23.1 Å². The van der Waals surface area contributed by atoms with E-state index in [2.05, 4.69) is 15.5 Å². The monoisotopic (exact) mass is 308 g/mol. The number of pyridine rings is 1. The average molecular weight is 308 g/mol. The Morgan fingerprint density at radius 1 is 1.17 bits per heavy atom. The number of para-hydroxylation sites is 1. The SMILES string of the molecule is Cc1cc(Nc2ccnc(C(=O)N(C)c3ccccc3)c2)no1. The number of nitrogens with one attached hydrogen (secondary N) is 1. The summed E-state index contributed by atoms with van der Waals surface area (Å²) in [6.07, 6.45) is 1.58. The van der Waals surface area contributed by atoms with E-state index in [1.165, 1.54) is 0 Å². The Balaban J connectivity index is 1.80. The first-order valence-corrected chi connectivity index (χ1v) is 7.13. The fourth-order valence-corrected chi connectivity index (χ4v) is 2.14. The maximum atomic E-state index is 12.6. The summed E-state index contributed by atoms with van der Waals surface area (Å²) in [5, 5.41) is 6.95. The Hall–Kier alpha value is -3.15. The van der Waals surface area contributed by atoms with Crippen molar-refractivity contribution in [1.82, 2.24) is 10.1 Å². The van der Waals surface area contributed by atoms with Crippen molar-refractivity contribution in [1.29, 1.82) is 0 Å². The predicted octanol–water partition coefficient (Wildman–Crippen LogP) is 3.40. The van der Waals surface area contributed by atoms with Crippen LogP contribution in [0.5, 0.6) is 0 Å². The van der Waals surface area contributed by atoms with Crippen molar-refractivity contribution in [3.05, 3.63) is 66.2 Å². The van der Waals surface area contributed by atoms with E-state index < -0.39 is 0 Å². The molecule has 6 heteroatoms. The molecule has 0 aliphatic heterocycles. The summed E-state index contributed by atoms with van der Waals surface area (Å²) in [6.45, 7) is 1.81. The summed E-state index contributed by atoms with van der Waals surface area (Å²) in [5.41, 5.74) is 1.88. The number of aromatic nitrogens is 2. The van der Waals surface area contributed by atoms with Gasteiger partial charge in [0.05, 0.1) is 0 Å². The molecular weight excluding hydrogens is 292 g/mol. The zero-order chi connectivity index (χ0) is 16.2. The van der Waals surface area contributed by atoms with Crippen molar-refractivity contribution in [2.75, 3.05) is 17.3 Å². The summed E-state index contributed by atoms with van der Waals surface area (Å²) >= 11 is 0. The van der Waals surface area contributed by atoms with Crippen molar-refractivity contribution in [2.24, 2.45) is 0 Å². The smallest absolute Gasteiger partial charge is 0.276 e. The zero-order valence-electron chi connectivity index (χ0n) is 12.9. The second-order valence-electron chi connectivity index (χ2n) is 5.08. The molecule has 6 nitrogen and oxygen atoms in total. The molecule has 2 aromatic heterocycles. The number of carbonyl (C=O) groups is 1. The lowest BCUT2D eigenvalue weighted by molar-refractivity contribution is 0.0988. The van der Waals surface area contributed by atoms with Gasteiger partial charge in [-0.3, -0.25) is 9.78 Å². The molecule has 0 saturated carbocycles. The van der Waals surface area contributed by atoms with Gasteiger partial charge in [0.15, 0.2) is 5.82 Å². The van der Waals surface area contributed by atoms with Gasteiger partial charge in [-0.15, -0.1) is 0 Å². The normalized spacial score (nSPS) is 10.3. The first kappa shape index (κ1) is 14.8. The zero-order valence-corrected chi connectivity index (χ0v) is 12.9. The molecule has 3 aromatic rings. The highest BCUT2D eigenvalue weighted by molar-refractivity contribution is 6.04. The molecule has 0 unspecified atom stereocenters. The quantitative estimate of drug-likeness (QED) is 0.800. The lowest BCUT2D eigenvalue weighted by atomic mass is 10.2. The van der Waals surface area contributed by atoms with Crippen LogP contribution >= 0.6 is 0 Å². The molecule has 1 aromatic carbocycles. The van der Waals surface area contributed by atoms with Crippen LogP contribution in [0.1, 0.15) is 16.2 Å². The van der Waals surface area contributed by atoms with Crippen LogP contribution in [0.4, 0.5) is 17.2 Å². The standard InChI is InChI=1S/C17H16N4O2/c1-12-10-16(20-23-12)19-13-8-9-18-15(11-13)17(22)21(2)14-6-4-3-5-7-14/h3-11H,1-2H3,(H,18,19,20). The van der Waals surface area contributed by atoms with Crippen molar-refractivity contribution < 1.29 is 9.32 Å². The molecule has 0 aliphatic rings. The molecule has 0 spiro atoms. The minimum absolute atomic E-state index is 0.184. The molecule has 1 N–H and O–H groups in total. The van der Waals surface area contributed by atoms with E-state index in [0.29, 0.717) is 17.3 Å². The van der Waals surface area contributed by atoms with Crippen molar-refractivity contribution in [2.45, 2.75) is 6.92 Å². The highest BCUT2D eigenvalue weighted by Crippen LogP contribution is 2.19. The van der Waals surface area contributed by atoms with Crippen LogP contribution in [-0.4, -0.2) is 23.1 Å². The van der Waals surface area contributed by atoms with Gasteiger partial charge in [0, 0.05) is 30.7 Å². The predicted molar refractivity (Wildman–Crippen MR) is 87.9 cm³/mol. The largest absolute Gasteiger partial charge is 0.360 e. The number of benzene rings is 1. The summed E-state index contributed by atoms with van der Waals surface area (Å²) in [6, 6.07) is 14.7. The molecule has 116 valence electrons.